The summed E-state index contributed by atoms with van der Waals surface area (Å²) in [6, 6.07) is 11.9. The lowest BCUT2D eigenvalue weighted by atomic mass is 9.89. The van der Waals surface area contributed by atoms with E-state index < -0.39 is 11.4 Å². The highest BCUT2D eigenvalue weighted by atomic mass is 32.1. The minimum absolute atomic E-state index is 0. The van der Waals surface area contributed by atoms with Gasteiger partial charge < -0.3 is 10.6 Å². The number of nitrogens with zero attached hydrogens (tertiary/aromatic N) is 7. The van der Waals surface area contributed by atoms with Crippen LogP contribution in [-0.4, -0.2) is 30.7 Å². The van der Waals surface area contributed by atoms with E-state index >= 15 is 0 Å². The van der Waals surface area contributed by atoms with Crippen LogP contribution in [0, 0.1) is 23.1 Å². The van der Waals surface area contributed by atoms with Crippen molar-refractivity contribution in [3.63, 3.8) is 0 Å². The van der Waals surface area contributed by atoms with Crippen molar-refractivity contribution >= 4 is 44.3 Å². The van der Waals surface area contributed by atoms with E-state index in [1.165, 1.54) is 27.5 Å². The summed E-state index contributed by atoms with van der Waals surface area (Å²) in [5.41, 5.74) is 5.96. The topological polar surface area (TPSA) is 118 Å². The summed E-state index contributed by atoms with van der Waals surface area (Å²) in [6.07, 6.45) is 2.79. The molecule has 0 amide bonds. The van der Waals surface area contributed by atoms with Gasteiger partial charge in [-0.2, -0.15) is 42.3 Å². The Balaban J connectivity index is 0.00000153. The van der Waals surface area contributed by atoms with Gasteiger partial charge in [-0.15, -0.1) is 0 Å². The number of hydrogen-bond acceptors (Lipinski definition) is 7. The number of benzene rings is 1. The summed E-state index contributed by atoms with van der Waals surface area (Å²) < 4.78 is 17.0. The fraction of sp³-hybridized carbons (Fsp3) is 0.190. The fourth-order valence-electron chi connectivity index (χ4n) is 4.05. The maximum atomic E-state index is 14.3. The van der Waals surface area contributed by atoms with Gasteiger partial charge in [0.25, 0.3) is 5.56 Å². The number of nitrogen functional groups attached to an aromatic ring is 1. The number of fused-ring (bicyclic) bond motifs is 1. The Bertz CT molecular complexity index is 1420. The van der Waals surface area contributed by atoms with E-state index in [4.69, 9.17) is 5.73 Å². The van der Waals surface area contributed by atoms with Crippen molar-refractivity contribution in [1.29, 1.82) is 5.26 Å². The second kappa shape index (κ2) is 9.13. The van der Waals surface area contributed by atoms with Gasteiger partial charge in [-0.3, -0.25) is 9.36 Å². The molecule has 1 aliphatic rings. The first-order valence-corrected chi connectivity index (χ1v) is 9.64. The van der Waals surface area contributed by atoms with E-state index in [0.717, 1.165) is 0 Å². The number of para-hydroxylation sites is 1. The number of halogens is 1. The molecule has 1 saturated heterocycles. The highest BCUT2D eigenvalue weighted by molar-refractivity contribution is 7.59. The molecular weight excluding hydrogens is 463 g/mol. The molecule has 3 aromatic heterocycles. The van der Waals surface area contributed by atoms with Crippen LogP contribution in [0.4, 0.5) is 16.2 Å². The molecule has 2 N–H and O–H groups in total. The van der Waals surface area contributed by atoms with Gasteiger partial charge in [-0.1, -0.05) is 25.1 Å². The third-order valence-electron chi connectivity index (χ3n) is 5.48. The Labute approximate surface area is 202 Å². The Morgan fingerprint density at radius 3 is 2.61 bits per heavy atom. The summed E-state index contributed by atoms with van der Waals surface area (Å²) in [5.74, 6) is 0.290. The highest BCUT2D eigenvalue weighted by Gasteiger charge is 2.42. The third kappa shape index (κ3) is 3.79. The first-order valence-electron chi connectivity index (χ1n) is 9.64. The molecule has 0 radical (unpaired) electrons. The van der Waals surface area contributed by atoms with Crippen molar-refractivity contribution < 1.29 is 4.39 Å². The van der Waals surface area contributed by atoms with Gasteiger partial charge in [0.2, 0.25) is 5.95 Å². The molecule has 170 valence electrons. The van der Waals surface area contributed by atoms with Crippen LogP contribution >= 0.6 is 27.0 Å². The smallest absolute Gasteiger partial charge is 0.285 e. The average Bonchev–Trinajstić information content (AvgIpc) is 3.13. The molecule has 1 aromatic carbocycles. The Hall–Kier alpha value is -3.56. The molecule has 4 aromatic rings. The summed E-state index contributed by atoms with van der Waals surface area (Å²) in [5, 5.41) is 14.1. The van der Waals surface area contributed by atoms with Crippen LogP contribution in [0.25, 0.3) is 11.2 Å². The van der Waals surface area contributed by atoms with Crippen molar-refractivity contribution in [3.8, 4) is 11.8 Å². The van der Waals surface area contributed by atoms with Crippen LogP contribution in [0.3, 0.4) is 0 Å². The zero-order valence-electron chi connectivity index (χ0n) is 17.5. The number of anilines is 2. The highest BCUT2D eigenvalue weighted by Crippen LogP contribution is 2.41. The van der Waals surface area contributed by atoms with Crippen molar-refractivity contribution in [2.75, 3.05) is 17.2 Å². The summed E-state index contributed by atoms with van der Waals surface area (Å²) in [6.45, 7) is 2.60. The van der Waals surface area contributed by atoms with Crippen molar-refractivity contribution in [3.05, 3.63) is 76.4 Å². The van der Waals surface area contributed by atoms with E-state index in [1.54, 1.807) is 24.3 Å². The predicted molar refractivity (Wildman–Crippen MR) is 132 cm³/mol. The number of aromatic nitrogens is 5. The number of rotatable bonds is 3. The molecule has 0 saturated carbocycles. The maximum Gasteiger partial charge on any atom is 0.285 e. The Morgan fingerprint density at radius 2 is 1.94 bits per heavy atom. The first-order chi connectivity index (χ1) is 15.0. The Kier molecular flexibility index (Phi) is 6.66. The molecule has 0 spiro atoms. The molecular formula is C21H21FN8OS2. The van der Waals surface area contributed by atoms with Gasteiger partial charge >= 0.3 is 0 Å². The molecule has 0 bridgehead atoms. The number of nitrogens with two attached hydrogens (primary N) is 1. The van der Waals surface area contributed by atoms with Crippen LogP contribution in [-0.2, 0) is 0 Å². The Morgan fingerprint density at radius 1 is 1.21 bits per heavy atom. The largest absolute Gasteiger partial charge is 0.368 e. The van der Waals surface area contributed by atoms with Crippen molar-refractivity contribution in [1.82, 2.24) is 24.1 Å². The minimum Gasteiger partial charge on any atom is -0.368 e. The van der Waals surface area contributed by atoms with Crippen LogP contribution in [0.1, 0.15) is 24.4 Å². The average molecular weight is 485 g/mol. The fourth-order valence-corrected chi connectivity index (χ4v) is 4.05. The zero-order chi connectivity index (χ0) is 21.7. The minimum atomic E-state index is -0.636. The second-order valence-electron chi connectivity index (χ2n) is 7.44. The lowest BCUT2D eigenvalue weighted by Gasteiger charge is -2.47. The molecule has 4 heterocycles. The van der Waals surface area contributed by atoms with Crippen LogP contribution in [0.2, 0.25) is 0 Å². The van der Waals surface area contributed by atoms with Crippen molar-refractivity contribution in [2.45, 2.75) is 13.0 Å². The maximum absolute atomic E-state index is 14.3. The first kappa shape index (κ1) is 24.1. The third-order valence-corrected chi connectivity index (χ3v) is 5.48. The van der Waals surface area contributed by atoms with Gasteiger partial charge in [-0.25, -0.2) is 13.9 Å². The van der Waals surface area contributed by atoms with Crippen LogP contribution < -0.4 is 16.2 Å². The second-order valence-corrected chi connectivity index (χ2v) is 7.44. The van der Waals surface area contributed by atoms with E-state index in [0.29, 0.717) is 23.9 Å². The predicted octanol–water partition coefficient (Wildman–Crippen LogP) is 2.29. The van der Waals surface area contributed by atoms with Crippen LogP contribution in [0.5, 0.6) is 0 Å². The molecule has 5 rings (SSSR count). The number of hydrogen-bond donors (Lipinski definition) is 1. The summed E-state index contributed by atoms with van der Waals surface area (Å²) >= 11 is 0. The molecule has 12 heteroatoms. The monoisotopic (exact) mass is 484 g/mol. The SMILES string of the molecule is C[C@H]1CN(c2nc(N)ncc2C#N)C1c1nn2ccc(F)c2c(=O)n1-c1ccccc1.S.S. The molecule has 33 heavy (non-hydrogen) atoms. The van der Waals surface area contributed by atoms with Gasteiger partial charge in [0.1, 0.15) is 11.6 Å². The zero-order valence-corrected chi connectivity index (χ0v) is 19.5. The molecule has 0 aliphatic carbocycles. The van der Waals surface area contributed by atoms with Gasteiger partial charge in [0.15, 0.2) is 23.0 Å². The lowest BCUT2D eigenvalue weighted by Crippen LogP contribution is -2.51. The quantitative estimate of drug-likeness (QED) is 0.474. The standard InChI is InChI=1S/C21H17FN8O.2H2S/c1-12-11-28(18-13(9-23)10-25-21(24)26-18)16(12)19-27-29-8-7-15(22)17(29)20(31)30(19)14-5-3-2-4-6-14;;/h2-8,10,12,16H,11H2,1H3,(H2,24,25,26);2*1H2/t12-,16?;;/m0../s1. The summed E-state index contributed by atoms with van der Waals surface area (Å²) in [7, 11) is 0. The van der Waals surface area contributed by atoms with E-state index in [-0.39, 0.29) is 56.0 Å². The molecule has 9 nitrogen and oxygen atoms in total. The normalized spacial score (nSPS) is 16.9. The van der Waals surface area contributed by atoms with Crippen LogP contribution in [0.15, 0.2) is 53.6 Å². The van der Waals surface area contributed by atoms with E-state index in [2.05, 4.69) is 21.1 Å². The molecule has 1 fully saturated rings. The van der Waals surface area contributed by atoms with Gasteiger partial charge in [0.05, 0.1) is 17.9 Å². The van der Waals surface area contributed by atoms with E-state index in [9.17, 15) is 14.4 Å². The van der Waals surface area contributed by atoms with Gasteiger partial charge in [-0.05, 0) is 18.2 Å². The summed E-state index contributed by atoms with van der Waals surface area (Å²) in [4.78, 5) is 23.4. The van der Waals surface area contributed by atoms with Gasteiger partial charge in [0, 0.05) is 18.7 Å². The molecule has 1 aliphatic heterocycles. The van der Waals surface area contributed by atoms with E-state index in [1.807, 2.05) is 17.9 Å². The lowest BCUT2D eigenvalue weighted by molar-refractivity contribution is 0.300. The molecule has 2 atom stereocenters. The van der Waals surface area contributed by atoms with Crippen molar-refractivity contribution in [2.24, 2.45) is 5.92 Å². The number of nitriles is 1. The molecule has 1 unspecified atom stereocenters.